The van der Waals surface area contributed by atoms with E-state index in [0.717, 1.165) is 0 Å². The molecule has 1 amide bonds. The molecule has 3 aromatic heterocycles. The van der Waals surface area contributed by atoms with Crippen LogP contribution in [0.5, 0.6) is 0 Å². The van der Waals surface area contributed by atoms with Crippen molar-refractivity contribution in [1.29, 1.82) is 0 Å². The molecule has 0 bridgehead atoms. The van der Waals surface area contributed by atoms with Gasteiger partial charge in [-0.05, 0) is 32.9 Å². The van der Waals surface area contributed by atoms with Crippen LogP contribution in [-0.4, -0.2) is 67.1 Å². The molecule has 0 aliphatic carbocycles. The highest BCUT2D eigenvalue weighted by molar-refractivity contribution is 5.97. The molecule has 0 radical (unpaired) electrons. The topological polar surface area (TPSA) is 106 Å². The molecular formula is C23H23F4N7O2. The number of nitrogens with one attached hydrogen (secondary N) is 1. The van der Waals surface area contributed by atoms with E-state index in [2.05, 4.69) is 30.2 Å². The first-order chi connectivity index (χ1) is 17.0. The number of carbonyl (C=O) groups is 1. The number of halogens is 4. The first kappa shape index (κ1) is 25.4. The van der Waals surface area contributed by atoms with E-state index < -0.39 is 35.6 Å². The Labute approximate surface area is 204 Å². The molecule has 4 rings (SSSR count). The maximum absolute atomic E-state index is 14.3. The van der Waals surface area contributed by atoms with E-state index in [0.29, 0.717) is 18.0 Å². The molecule has 0 saturated carbocycles. The second-order valence-electron chi connectivity index (χ2n) is 8.39. The number of nitrogens with zero attached hydrogens (tertiary/aromatic N) is 6. The quantitative estimate of drug-likeness (QED) is 0.525. The minimum atomic E-state index is -4.72. The number of aromatic nitrogens is 5. The number of ether oxygens (including phenoxy) is 1. The molecule has 1 N–H and O–H groups in total. The molecule has 0 unspecified atom stereocenters. The number of anilines is 1. The highest BCUT2D eigenvalue weighted by Gasteiger charge is 2.38. The van der Waals surface area contributed by atoms with Gasteiger partial charge in [-0.25, -0.2) is 29.3 Å². The molecule has 36 heavy (non-hydrogen) atoms. The van der Waals surface area contributed by atoms with Crippen molar-refractivity contribution in [3.05, 3.63) is 59.7 Å². The minimum Gasteiger partial charge on any atom is -0.372 e. The van der Waals surface area contributed by atoms with Crippen LogP contribution in [-0.2, 0) is 10.9 Å². The summed E-state index contributed by atoms with van der Waals surface area (Å²) in [4.78, 5) is 35.9. The molecule has 0 spiro atoms. The fourth-order valence-electron chi connectivity index (χ4n) is 3.95. The Morgan fingerprint density at radius 2 is 1.89 bits per heavy atom. The van der Waals surface area contributed by atoms with Crippen molar-refractivity contribution in [3.63, 3.8) is 0 Å². The second-order valence-corrected chi connectivity index (χ2v) is 8.39. The van der Waals surface area contributed by atoms with Crippen LogP contribution in [0.25, 0.3) is 11.5 Å². The van der Waals surface area contributed by atoms with E-state index in [4.69, 9.17) is 4.74 Å². The Bertz CT molecular complexity index is 1240. The van der Waals surface area contributed by atoms with E-state index in [-0.39, 0.29) is 42.2 Å². The van der Waals surface area contributed by atoms with Gasteiger partial charge in [0.05, 0.1) is 29.5 Å². The molecule has 3 aromatic rings. The fourth-order valence-corrected chi connectivity index (χ4v) is 3.95. The number of rotatable bonds is 5. The zero-order valence-electron chi connectivity index (χ0n) is 19.6. The van der Waals surface area contributed by atoms with Crippen molar-refractivity contribution in [2.75, 3.05) is 18.4 Å². The summed E-state index contributed by atoms with van der Waals surface area (Å²) < 4.78 is 58.7. The number of morpholine rings is 1. The monoisotopic (exact) mass is 505 g/mol. The molecule has 13 heteroatoms. The first-order valence-corrected chi connectivity index (χ1v) is 11.1. The third kappa shape index (κ3) is 5.40. The van der Waals surface area contributed by atoms with Crippen LogP contribution in [0.3, 0.4) is 0 Å². The van der Waals surface area contributed by atoms with Crippen LogP contribution in [0.15, 0.2) is 36.9 Å². The normalized spacial score (nSPS) is 20.3. The summed E-state index contributed by atoms with van der Waals surface area (Å²) in [7, 11) is 0. The van der Waals surface area contributed by atoms with Crippen LogP contribution in [0.2, 0.25) is 0 Å². The average molecular weight is 505 g/mol. The Hall–Kier alpha value is -3.74. The first-order valence-electron chi connectivity index (χ1n) is 11.1. The third-order valence-electron chi connectivity index (χ3n) is 5.62. The van der Waals surface area contributed by atoms with Crippen molar-refractivity contribution >= 4 is 11.7 Å². The maximum atomic E-state index is 14.3. The molecule has 1 fully saturated rings. The molecule has 9 nitrogen and oxygen atoms in total. The summed E-state index contributed by atoms with van der Waals surface area (Å²) >= 11 is 0. The molecule has 1 saturated heterocycles. The Kier molecular flexibility index (Phi) is 7.11. The van der Waals surface area contributed by atoms with Crippen molar-refractivity contribution in [1.82, 2.24) is 29.8 Å². The highest BCUT2D eigenvalue weighted by Crippen LogP contribution is 2.30. The van der Waals surface area contributed by atoms with Gasteiger partial charge in [-0.1, -0.05) is 0 Å². The van der Waals surface area contributed by atoms with Gasteiger partial charge in [-0.15, -0.1) is 0 Å². The number of carbonyl (C=O) groups excluding carboxylic acids is 1. The zero-order chi connectivity index (χ0) is 26.0. The second kappa shape index (κ2) is 10.1. The van der Waals surface area contributed by atoms with Crippen LogP contribution in [0.1, 0.15) is 35.6 Å². The molecule has 0 aromatic carbocycles. The number of alkyl halides is 3. The Morgan fingerprint density at radius 1 is 1.17 bits per heavy atom. The minimum absolute atomic E-state index is 0.0364. The van der Waals surface area contributed by atoms with E-state index in [9.17, 15) is 22.4 Å². The van der Waals surface area contributed by atoms with Gasteiger partial charge in [-0.3, -0.25) is 4.79 Å². The summed E-state index contributed by atoms with van der Waals surface area (Å²) in [6.45, 7) is 5.42. The molecule has 1 aliphatic heterocycles. The third-order valence-corrected chi connectivity index (χ3v) is 5.62. The lowest BCUT2D eigenvalue weighted by Crippen LogP contribution is -2.58. The molecule has 4 heterocycles. The van der Waals surface area contributed by atoms with Crippen LogP contribution >= 0.6 is 0 Å². The van der Waals surface area contributed by atoms with Gasteiger partial charge in [0.2, 0.25) is 0 Å². The lowest BCUT2D eigenvalue weighted by Gasteiger charge is -2.42. The molecule has 1 aliphatic rings. The highest BCUT2D eigenvalue weighted by atomic mass is 19.4. The summed E-state index contributed by atoms with van der Waals surface area (Å²) in [6, 6.07) is 1.38. The summed E-state index contributed by atoms with van der Waals surface area (Å²) in [5.74, 6) is -1.75. The van der Waals surface area contributed by atoms with Crippen molar-refractivity contribution in [2.45, 2.75) is 45.2 Å². The zero-order valence-corrected chi connectivity index (χ0v) is 19.6. The number of hydrogen-bond donors (Lipinski definition) is 1. The van der Waals surface area contributed by atoms with E-state index in [1.165, 1.54) is 23.5 Å². The van der Waals surface area contributed by atoms with Crippen molar-refractivity contribution in [2.24, 2.45) is 0 Å². The maximum Gasteiger partial charge on any atom is 0.417 e. The SMILES string of the molecule is Cc1cnc(-c2ncccn2)c(C(=O)N2C[C@@H](C)O[C@@H](C)[C@H]2CNc2ncc(C(F)(F)F)cc2F)n1. The summed E-state index contributed by atoms with van der Waals surface area (Å²) in [6.07, 6.45) is -0.416. The number of amides is 1. The van der Waals surface area contributed by atoms with Crippen molar-refractivity contribution in [3.8, 4) is 11.5 Å². The molecule has 190 valence electrons. The van der Waals surface area contributed by atoms with Gasteiger partial charge in [-0.2, -0.15) is 13.2 Å². The van der Waals surface area contributed by atoms with Gasteiger partial charge in [0, 0.05) is 37.9 Å². The smallest absolute Gasteiger partial charge is 0.372 e. The Morgan fingerprint density at radius 3 is 2.56 bits per heavy atom. The summed E-state index contributed by atoms with van der Waals surface area (Å²) in [5.41, 5.74) is -0.427. The van der Waals surface area contributed by atoms with Gasteiger partial charge in [0.25, 0.3) is 5.91 Å². The van der Waals surface area contributed by atoms with E-state index in [1.807, 2.05) is 0 Å². The number of aryl methyl sites for hydroxylation is 1. The van der Waals surface area contributed by atoms with Crippen molar-refractivity contribution < 1.29 is 27.1 Å². The average Bonchev–Trinajstić information content (AvgIpc) is 2.83. The van der Waals surface area contributed by atoms with E-state index in [1.54, 1.807) is 26.8 Å². The number of hydrogen-bond acceptors (Lipinski definition) is 8. The predicted molar refractivity (Wildman–Crippen MR) is 120 cm³/mol. The predicted octanol–water partition coefficient (Wildman–Crippen LogP) is 3.53. The van der Waals surface area contributed by atoms with Gasteiger partial charge >= 0.3 is 6.18 Å². The van der Waals surface area contributed by atoms with E-state index >= 15 is 0 Å². The lowest BCUT2D eigenvalue weighted by atomic mass is 10.0. The fraction of sp³-hybridized carbons (Fsp3) is 0.391. The van der Waals surface area contributed by atoms with Crippen LogP contribution < -0.4 is 5.32 Å². The van der Waals surface area contributed by atoms with Gasteiger partial charge < -0.3 is 15.0 Å². The lowest BCUT2D eigenvalue weighted by molar-refractivity contribution is -0.138. The molecule has 3 atom stereocenters. The number of pyridine rings is 1. The Balaban J connectivity index is 1.62. The summed E-state index contributed by atoms with van der Waals surface area (Å²) in [5, 5.41) is 2.71. The van der Waals surface area contributed by atoms with Crippen LogP contribution in [0.4, 0.5) is 23.4 Å². The van der Waals surface area contributed by atoms with Gasteiger partial charge in [0.1, 0.15) is 5.69 Å². The van der Waals surface area contributed by atoms with Crippen LogP contribution in [0, 0.1) is 12.7 Å². The largest absolute Gasteiger partial charge is 0.417 e. The standard InChI is InChI=1S/C23H23F4N7O2/c1-12-8-30-18(21-28-5-4-6-29-21)19(33-12)22(35)34-11-13(2)36-14(3)17(34)10-32-20-16(24)7-15(9-31-20)23(25,26)27/h4-9,13-14,17H,10-11H2,1-3H3,(H,31,32)/t13-,14+,17-/m1/s1. The molecular weight excluding hydrogens is 482 g/mol. The van der Waals surface area contributed by atoms with Gasteiger partial charge in [0.15, 0.2) is 23.2 Å².